The SMILES string of the molecule is C1CNCCN1.CC(=O)N1CCNCC1. The topological polar surface area (TPSA) is 56.4 Å². The number of amides is 1. The van der Waals surface area contributed by atoms with E-state index in [1.807, 2.05) is 4.90 Å². The Balaban J connectivity index is 0.000000162. The van der Waals surface area contributed by atoms with Crippen LogP contribution in [0.1, 0.15) is 6.92 Å². The largest absolute Gasteiger partial charge is 0.340 e. The van der Waals surface area contributed by atoms with E-state index in [4.69, 9.17) is 0 Å². The molecule has 0 aromatic heterocycles. The van der Waals surface area contributed by atoms with E-state index in [1.165, 1.54) is 0 Å². The van der Waals surface area contributed by atoms with Crippen LogP contribution in [0.5, 0.6) is 0 Å². The van der Waals surface area contributed by atoms with Gasteiger partial charge in [-0.05, 0) is 0 Å². The molecule has 2 fully saturated rings. The quantitative estimate of drug-likeness (QED) is 0.465. The lowest BCUT2D eigenvalue weighted by Gasteiger charge is -2.25. The zero-order valence-corrected chi connectivity index (χ0v) is 9.51. The van der Waals surface area contributed by atoms with Crippen molar-refractivity contribution in [3.63, 3.8) is 0 Å². The van der Waals surface area contributed by atoms with Crippen molar-refractivity contribution in [1.29, 1.82) is 0 Å². The zero-order valence-electron chi connectivity index (χ0n) is 9.51. The van der Waals surface area contributed by atoms with Gasteiger partial charge in [-0.3, -0.25) is 4.79 Å². The molecule has 15 heavy (non-hydrogen) atoms. The van der Waals surface area contributed by atoms with Gasteiger partial charge in [-0.25, -0.2) is 0 Å². The van der Waals surface area contributed by atoms with Crippen molar-refractivity contribution in [2.24, 2.45) is 0 Å². The minimum atomic E-state index is 0.191. The molecule has 5 nitrogen and oxygen atoms in total. The van der Waals surface area contributed by atoms with E-state index in [0.29, 0.717) is 0 Å². The van der Waals surface area contributed by atoms with Crippen LogP contribution < -0.4 is 16.0 Å². The summed E-state index contributed by atoms with van der Waals surface area (Å²) < 4.78 is 0. The Bertz CT molecular complexity index is 165. The molecule has 0 atom stereocenters. The number of hydrogen-bond donors (Lipinski definition) is 3. The van der Waals surface area contributed by atoms with Gasteiger partial charge in [0.15, 0.2) is 0 Å². The summed E-state index contributed by atoms with van der Waals surface area (Å²) >= 11 is 0. The van der Waals surface area contributed by atoms with Crippen LogP contribution in [0.2, 0.25) is 0 Å². The monoisotopic (exact) mass is 214 g/mol. The first-order valence-electron chi connectivity index (χ1n) is 5.68. The highest BCUT2D eigenvalue weighted by atomic mass is 16.2. The Kier molecular flexibility index (Phi) is 6.31. The van der Waals surface area contributed by atoms with Crippen LogP contribution in [0.15, 0.2) is 0 Å². The number of rotatable bonds is 0. The fraction of sp³-hybridized carbons (Fsp3) is 0.900. The Morgan fingerprint density at radius 3 is 1.53 bits per heavy atom. The lowest BCUT2D eigenvalue weighted by Crippen LogP contribution is -2.45. The Morgan fingerprint density at radius 1 is 0.867 bits per heavy atom. The van der Waals surface area contributed by atoms with Gasteiger partial charge in [0.1, 0.15) is 0 Å². The Morgan fingerprint density at radius 2 is 1.27 bits per heavy atom. The summed E-state index contributed by atoms with van der Waals surface area (Å²) in [6, 6.07) is 0. The van der Waals surface area contributed by atoms with Crippen molar-refractivity contribution in [1.82, 2.24) is 20.9 Å². The second kappa shape index (κ2) is 7.62. The van der Waals surface area contributed by atoms with Gasteiger partial charge >= 0.3 is 0 Å². The standard InChI is InChI=1S/C6H12N2O.C4H10N2/c1-6(9)8-4-2-7-3-5-8;1-2-6-4-3-5-1/h7H,2-5H2,1H3;5-6H,1-4H2. The summed E-state index contributed by atoms with van der Waals surface area (Å²) in [5, 5.41) is 9.62. The molecule has 0 aromatic rings. The number of carbonyl (C=O) groups is 1. The Hall–Kier alpha value is -0.650. The van der Waals surface area contributed by atoms with E-state index in [1.54, 1.807) is 6.92 Å². The van der Waals surface area contributed by atoms with Crippen molar-refractivity contribution in [2.75, 3.05) is 52.4 Å². The first-order chi connectivity index (χ1) is 7.30. The highest BCUT2D eigenvalue weighted by Gasteiger charge is 2.10. The zero-order chi connectivity index (χ0) is 10.9. The van der Waals surface area contributed by atoms with E-state index in [9.17, 15) is 4.79 Å². The number of hydrogen-bond acceptors (Lipinski definition) is 4. The van der Waals surface area contributed by atoms with Crippen molar-refractivity contribution in [3.05, 3.63) is 0 Å². The molecule has 2 aliphatic heterocycles. The van der Waals surface area contributed by atoms with Crippen LogP contribution in [-0.2, 0) is 4.79 Å². The van der Waals surface area contributed by atoms with Gasteiger partial charge in [-0.15, -0.1) is 0 Å². The molecule has 2 aliphatic rings. The number of carbonyl (C=O) groups excluding carboxylic acids is 1. The maximum atomic E-state index is 10.7. The van der Waals surface area contributed by atoms with Crippen LogP contribution in [0.3, 0.4) is 0 Å². The van der Waals surface area contributed by atoms with Crippen LogP contribution in [0.4, 0.5) is 0 Å². The molecule has 0 aromatic carbocycles. The molecule has 2 rings (SSSR count). The van der Waals surface area contributed by atoms with Crippen molar-refractivity contribution in [3.8, 4) is 0 Å². The third-order valence-corrected chi connectivity index (χ3v) is 2.52. The van der Waals surface area contributed by atoms with Gasteiger partial charge in [0, 0.05) is 59.3 Å². The summed E-state index contributed by atoms with van der Waals surface area (Å²) in [7, 11) is 0. The molecule has 1 amide bonds. The molecule has 2 heterocycles. The summed E-state index contributed by atoms with van der Waals surface area (Å²) in [6.45, 7) is 9.80. The van der Waals surface area contributed by atoms with Gasteiger partial charge in [-0.1, -0.05) is 0 Å². The van der Waals surface area contributed by atoms with Gasteiger partial charge in [0.25, 0.3) is 0 Å². The molecule has 88 valence electrons. The number of nitrogens with one attached hydrogen (secondary N) is 3. The third-order valence-electron chi connectivity index (χ3n) is 2.52. The number of piperazine rings is 2. The van der Waals surface area contributed by atoms with E-state index in [2.05, 4.69) is 16.0 Å². The average molecular weight is 214 g/mol. The molecule has 0 aliphatic carbocycles. The molecule has 0 saturated carbocycles. The predicted molar refractivity (Wildman–Crippen MR) is 60.9 cm³/mol. The number of nitrogens with zero attached hydrogens (tertiary/aromatic N) is 1. The molecule has 0 radical (unpaired) electrons. The Labute approximate surface area is 91.6 Å². The molecule has 2 saturated heterocycles. The van der Waals surface area contributed by atoms with E-state index >= 15 is 0 Å². The van der Waals surface area contributed by atoms with Crippen LogP contribution in [0, 0.1) is 0 Å². The van der Waals surface area contributed by atoms with Gasteiger partial charge < -0.3 is 20.9 Å². The molecule has 0 bridgehead atoms. The first-order valence-corrected chi connectivity index (χ1v) is 5.68. The van der Waals surface area contributed by atoms with Crippen molar-refractivity contribution in [2.45, 2.75) is 6.92 Å². The minimum absolute atomic E-state index is 0.191. The normalized spacial score (nSPS) is 21.5. The lowest BCUT2D eigenvalue weighted by atomic mass is 10.4. The summed E-state index contributed by atoms with van der Waals surface area (Å²) in [6.07, 6.45) is 0. The second-order valence-corrected chi connectivity index (χ2v) is 3.76. The van der Waals surface area contributed by atoms with E-state index in [0.717, 1.165) is 52.4 Å². The fourth-order valence-corrected chi connectivity index (χ4v) is 1.58. The van der Waals surface area contributed by atoms with E-state index in [-0.39, 0.29) is 5.91 Å². The average Bonchev–Trinajstić information content (AvgIpc) is 2.33. The minimum Gasteiger partial charge on any atom is -0.340 e. The first kappa shape index (κ1) is 12.4. The fourth-order valence-electron chi connectivity index (χ4n) is 1.58. The molecule has 0 spiro atoms. The maximum absolute atomic E-state index is 10.7. The van der Waals surface area contributed by atoms with Gasteiger partial charge in [0.05, 0.1) is 0 Å². The highest BCUT2D eigenvalue weighted by Crippen LogP contribution is 1.90. The molecule has 5 heteroatoms. The lowest BCUT2D eigenvalue weighted by molar-refractivity contribution is -0.129. The molecule has 0 unspecified atom stereocenters. The summed E-state index contributed by atoms with van der Waals surface area (Å²) in [5.41, 5.74) is 0. The van der Waals surface area contributed by atoms with E-state index < -0.39 is 0 Å². The smallest absolute Gasteiger partial charge is 0.219 e. The predicted octanol–water partition coefficient (Wildman–Crippen LogP) is -1.38. The van der Waals surface area contributed by atoms with Crippen LogP contribution >= 0.6 is 0 Å². The second-order valence-electron chi connectivity index (χ2n) is 3.76. The summed E-state index contributed by atoms with van der Waals surface area (Å²) in [4.78, 5) is 12.6. The molecule has 3 N–H and O–H groups in total. The summed E-state index contributed by atoms with van der Waals surface area (Å²) in [5.74, 6) is 0.191. The van der Waals surface area contributed by atoms with Gasteiger partial charge in [-0.2, -0.15) is 0 Å². The van der Waals surface area contributed by atoms with Crippen molar-refractivity contribution >= 4 is 5.91 Å². The highest BCUT2D eigenvalue weighted by molar-refractivity contribution is 5.73. The van der Waals surface area contributed by atoms with Crippen LogP contribution in [-0.4, -0.2) is 63.2 Å². The van der Waals surface area contributed by atoms with Crippen molar-refractivity contribution < 1.29 is 4.79 Å². The third kappa shape index (κ3) is 5.71. The van der Waals surface area contributed by atoms with Crippen LogP contribution in [0.25, 0.3) is 0 Å². The molecular weight excluding hydrogens is 192 g/mol. The van der Waals surface area contributed by atoms with Gasteiger partial charge in [0.2, 0.25) is 5.91 Å². The molecular formula is C10H22N4O. The maximum Gasteiger partial charge on any atom is 0.219 e.